The Labute approximate surface area is 153 Å². The second kappa shape index (κ2) is 7.51. The maximum Gasteiger partial charge on any atom is 0.248 e. The Morgan fingerprint density at radius 1 is 1.33 bits per heavy atom. The lowest BCUT2D eigenvalue weighted by Crippen LogP contribution is -2.43. The van der Waals surface area contributed by atoms with Gasteiger partial charge in [-0.15, -0.1) is 11.3 Å². The van der Waals surface area contributed by atoms with Crippen LogP contribution in [0.2, 0.25) is 10.0 Å². The number of nitrogens with zero attached hydrogens (tertiary/aromatic N) is 2. The molecule has 1 atom stereocenters. The number of aromatic nitrogens is 1. The average molecular weight is 384 g/mol. The third-order valence-corrected chi connectivity index (χ3v) is 5.31. The molecule has 1 N–H and O–H groups in total. The van der Waals surface area contributed by atoms with Crippen molar-refractivity contribution < 1.29 is 9.59 Å². The number of benzene rings is 1. The normalized spacial score (nSPS) is 17.1. The van der Waals surface area contributed by atoms with Crippen molar-refractivity contribution in [2.24, 2.45) is 0 Å². The molecule has 1 aliphatic rings. The summed E-state index contributed by atoms with van der Waals surface area (Å²) in [5.74, 6) is -0.282. The quantitative estimate of drug-likeness (QED) is 0.876. The molecule has 1 saturated heterocycles. The van der Waals surface area contributed by atoms with Gasteiger partial charge in [-0.25, -0.2) is 4.98 Å². The maximum absolute atomic E-state index is 12.6. The van der Waals surface area contributed by atoms with Gasteiger partial charge in [0.25, 0.3) is 0 Å². The van der Waals surface area contributed by atoms with E-state index in [1.807, 2.05) is 0 Å². The first-order valence-corrected chi connectivity index (χ1v) is 9.12. The Hall–Kier alpha value is -1.63. The second-order valence-corrected chi connectivity index (χ2v) is 7.21. The topological polar surface area (TPSA) is 62.3 Å². The summed E-state index contributed by atoms with van der Waals surface area (Å²) in [6.07, 6.45) is 3.29. The van der Waals surface area contributed by atoms with E-state index in [4.69, 9.17) is 23.2 Å². The fourth-order valence-corrected chi connectivity index (χ4v) is 3.59. The molecule has 0 saturated carbocycles. The van der Waals surface area contributed by atoms with Crippen LogP contribution in [0, 0.1) is 0 Å². The van der Waals surface area contributed by atoms with E-state index in [0.717, 1.165) is 12.0 Å². The molecular weight excluding hydrogens is 369 g/mol. The lowest BCUT2D eigenvalue weighted by molar-refractivity contribution is -0.136. The molecule has 1 aliphatic heterocycles. The first-order chi connectivity index (χ1) is 11.5. The standard InChI is InChI=1S/C16H15Cl2N3O2S/c17-11-4-3-10(8-12(11)18)9-14(22)21-6-1-2-13(21)15(23)20-16-19-5-7-24-16/h3-5,7-8,13H,1-2,6,9H2,(H,19,20,23). The van der Waals surface area contributed by atoms with E-state index in [1.165, 1.54) is 11.3 Å². The molecule has 2 amide bonds. The highest BCUT2D eigenvalue weighted by Crippen LogP contribution is 2.25. The van der Waals surface area contributed by atoms with Gasteiger partial charge < -0.3 is 10.2 Å². The van der Waals surface area contributed by atoms with Crippen LogP contribution >= 0.6 is 34.5 Å². The zero-order valence-corrected chi connectivity index (χ0v) is 15.0. The molecule has 3 rings (SSSR count). The fourth-order valence-electron chi connectivity index (χ4n) is 2.74. The van der Waals surface area contributed by atoms with Gasteiger partial charge in [0.15, 0.2) is 5.13 Å². The van der Waals surface area contributed by atoms with E-state index in [2.05, 4.69) is 10.3 Å². The summed E-state index contributed by atoms with van der Waals surface area (Å²) in [5.41, 5.74) is 0.778. The van der Waals surface area contributed by atoms with E-state index in [-0.39, 0.29) is 18.2 Å². The molecule has 1 fully saturated rings. The van der Waals surface area contributed by atoms with Crippen LogP contribution in [0.5, 0.6) is 0 Å². The van der Waals surface area contributed by atoms with E-state index in [0.29, 0.717) is 28.1 Å². The van der Waals surface area contributed by atoms with Gasteiger partial charge in [0.1, 0.15) is 6.04 Å². The van der Waals surface area contributed by atoms with Gasteiger partial charge in [0.05, 0.1) is 16.5 Å². The lowest BCUT2D eigenvalue weighted by atomic mass is 10.1. The number of carbonyl (C=O) groups is 2. The Balaban J connectivity index is 1.66. The van der Waals surface area contributed by atoms with E-state index < -0.39 is 6.04 Å². The Bertz CT molecular complexity index is 752. The predicted octanol–water partition coefficient (Wildman–Crippen LogP) is 3.62. The van der Waals surface area contributed by atoms with Crippen molar-refractivity contribution in [3.05, 3.63) is 45.4 Å². The number of halogens is 2. The van der Waals surface area contributed by atoms with Gasteiger partial charge in [-0.1, -0.05) is 29.3 Å². The number of likely N-dealkylation sites (tertiary alicyclic amines) is 1. The number of nitrogens with one attached hydrogen (secondary N) is 1. The highest BCUT2D eigenvalue weighted by Gasteiger charge is 2.34. The molecular formula is C16H15Cl2N3O2S. The molecule has 1 unspecified atom stereocenters. The Morgan fingerprint density at radius 3 is 2.88 bits per heavy atom. The van der Waals surface area contributed by atoms with Crippen molar-refractivity contribution in [3.63, 3.8) is 0 Å². The zero-order chi connectivity index (χ0) is 17.1. The maximum atomic E-state index is 12.6. The molecule has 0 bridgehead atoms. The lowest BCUT2D eigenvalue weighted by Gasteiger charge is -2.23. The summed E-state index contributed by atoms with van der Waals surface area (Å²) >= 11 is 13.2. The summed E-state index contributed by atoms with van der Waals surface area (Å²) in [4.78, 5) is 30.7. The monoisotopic (exact) mass is 383 g/mol. The van der Waals surface area contributed by atoms with Crippen molar-refractivity contribution in [1.82, 2.24) is 9.88 Å². The molecule has 126 valence electrons. The van der Waals surface area contributed by atoms with Gasteiger partial charge in [-0.05, 0) is 30.5 Å². The van der Waals surface area contributed by atoms with Crippen LogP contribution in [0.25, 0.3) is 0 Å². The number of hydrogen-bond donors (Lipinski definition) is 1. The number of anilines is 1. The van der Waals surface area contributed by atoms with Crippen LogP contribution in [0.3, 0.4) is 0 Å². The summed E-state index contributed by atoms with van der Waals surface area (Å²) in [5, 5.41) is 5.97. The third-order valence-electron chi connectivity index (χ3n) is 3.88. The minimum atomic E-state index is -0.454. The highest BCUT2D eigenvalue weighted by atomic mass is 35.5. The van der Waals surface area contributed by atoms with E-state index in [9.17, 15) is 9.59 Å². The van der Waals surface area contributed by atoms with Gasteiger partial charge in [-0.3, -0.25) is 9.59 Å². The molecule has 0 radical (unpaired) electrons. The highest BCUT2D eigenvalue weighted by molar-refractivity contribution is 7.13. The van der Waals surface area contributed by atoms with Crippen molar-refractivity contribution in [2.75, 3.05) is 11.9 Å². The fraction of sp³-hybridized carbons (Fsp3) is 0.312. The summed E-state index contributed by atoms with van der Waals surface area (Å²) < 4.78 is 0. The smallest absolute Gasteiger partial charge is 0.248 e. The molecule has 8 heteroatoms. The van der Waals surface area contributed by atoms with Crippen LogP contribution in [0.1, 0.15) is 18.4 Å². The number of hydrogen-bond acceptors (Lipinski definition) is 4. The molecule has 1 aromatic heterocycles. The average Bonchev–Trinajstić information content (AvgIpc) is 3.22. The van der Waals surface area contributed by atoms with Gasteiger partial charge in [0, 0.05) is 18.1 Å². The number of thiazole rings is 1. The third kappa shape index (κ3) is 3.88. The zero-order valence-electron chi connectivity index (χ0n) is 12.7. The molecule has 2 heterocycles. The first-order valence-electron chi connectivity index (χ1n) is 7.48. The van der Waals surface area contributed by atoms with Crippen molar-refractivity contribution in [2.45, 2.75) is 25.3 Å². The molecule has 2 aromatic rings. The van der Waals surface area contributed by atoms with Crippen LogP contribution in [0.4, 0.5) is 5.13 Å². The van der Waals surface area contributed by atoms with Crippen molar-refractivity contribution in [3.8, 4) is 0 Å². The molecule has 1 aromatic carbocycles. The van der Waals surface area contributed by atoms with E-state index in [1.54, 1.807) is 34.7 Å². The van der Waals surface area contributed by atoms with E-state index >= 15 is 0 Å². The number of rotatable bonds is 4. The second-order valence-electron chi connectivity index (χ2n) is 5.50. The Morgan fingerprint density at radius 2 is 2.17 bits per heavy atom. The van der Waals surface area contributed by atoms with Crippen LogP contribution < -0.4 is 5.32 Å². The minimum Gasteiger partial charge on any atom is -0.330 e. The predicted molar refractivity (Wildman–Crippen MR) is 95.6 cm³/mol. The van der Waals surface area contributed by atoms with Crippen molar-refractivity contribution in [1.29, 1.82) is 0 Å². The molecule has 5 nitrogen and oxygen atoms in total. The summed E-state index contributed by atoms with van der Waals surface area (Å²) in [7, 11) is 0. The molecule has 24 heavy (non-hydrogen) atoms. The minimum absolute atomic E-state index is 0.0924. The summed E-state index contributed by atoms with van der Waals surface area (Å²) in [6.45, 7) is 0.579. The van der Waals surface area contributed by atoms with Crippen LogP contribution in [0.15, 0.2) is 29.8 Å². The Kier molecular flexibility index (Phi) is 5.38. The van der Waals surface area contributed by atoms with Crippen LogP contribution in [-0.2, 0) is 16.0 Å². The molecule has 0 spiro atoms. The summed E-state index contributed by atoms with van der Waals surface area (Å²) in [6, 6.07) is 4.67. The first kappa shape index (κ1) is 17.2. The SMILES string of the molecule is O=C(Nc1nccs1)C1CCCN1C(=O)Cc1ccc(Cl)c(Cl)c1. The van der Waals surface area contributed by atoms with Gasteiger partial charge in [0.2, 0.25) is 11.8 Å². The van der Waals surface area contributed by atoms with Gasteiger partial charge in [-0.2, -0.15) is 0 Å². The largest absolute Gasteiger partial charge is 0.330 e. The molecule has 0 aliphatic carbocycles. The van der Waals surface area contributed by atoms with Gasteiger partial charge >= 0.3 is 0 Å². The number of amides is 2. The van der Waals surface area contributed by atoms with Crippen LogP contribution in [-0.4, -0.2) is 34.3 Å². The van der Waals surface area contributed by atoms with Crippen molar-refractivity contribution >= 4 is 51.5 Å². The number of carbonyl (C=O) groups excluding carboxylic acids is 2.